The molecule has 0 spiro atoms. The first-order valence-electron chi connectivity index (χ1n) is 9.23. The van der Waals surface area contributed by atoms with Crippen LogP contribution in [0, 0.1) is 0 Å². The van der Waals surface area contributed by atoms with Crippen molar-refractivity contribution in [3.8, 4) is 0 Å². The molecule has 0 aliphatic carbocycles. The maximum Gasteiger partial charge on any atom is 0.335 e. The third kappa shape index (κ3) is 3.28. The molecule has 5 nitrogen and oxygen atoms in total. The van der Waals surface area contributed by atoms with Gasteiger partial charge in [0.25, 0.3) is 11.8 Å². The Hall–Kier alpha value is -3.18. The van der Waals surface area contributed by atoms with E-state index in [2.05, 4.69) is 0 Å². The van der Waals surface area contributed by atoms with E-state index in [1.165, 1.54) is 4.90 Å². The summed E-state index contributed by atoms with van der Waals surface area (Å²) in [6.07, 6.45) is 0. The predicted molar refractivity (Wildman–Crippen MR) is 112 cm³/mol. The van der Waals surface area contributed by atoms with Crippen LogP contribution in [-0.4, -0.2) is 33.2 Å². The molecule has 1 fully saturated rings. The van der Waals surface area contributed by atoms with E-state index in [1.807, 2.05) is 36.4 Å². The Morgan fingerprint density at radius 1 is 0.931 bits per heavy atom. The fraction of sp³-hybridized carbons (Fsp3) is 0.174. The van der Waals surface area contributed by atoms with Gasteiger partial charge >= 0.3 is 6.03 Å². The monoisotopic (exact) mass is 406 g/mol. The average Bonchev–Trinajstić information content (AvgIpc) is 2.87. The summed E-state index contributed by atoms with van der Waals surface area (Å²) < 4.78 is 0. The second-order valence-electron chi connectivity index (χ2n) is 7.57. The van der Waals surface area contributed by atoms with Crippen molar-refractivity contribution in [1.29, 1.82) is 0 Å². The summed E-state index contributed by atoms with van der Waals surface area (Å²) in [6.45, 7) is 3.47. The number of rotatable bonds is 3. The summed E-state index contributed by atoms with van der Waals surface area (Å²) >= 11 is 6.04. The number of benzene rings is 3. The lowest BCUT2D eigenvalue weighted by Gasteiger charge is -2.27. The van der Waals surface area contributed by atoms with Crippen molar-refractivity contribution in [3.05, 3.63) is 82.9 Å². The van der Waals surface area contributed by atoms with Crippen molar-refractivity contribution >= 4 is 40.2 Å². The van der Waals surface area contributed by atoms with Crippen molar-refractivity contribution in [3.63, 3.8) is 0 Å². The van der Waals surface area contributed by atoms with Crippen LogP contribution in [0.15, 0.2) is 66.7 Å². The molecule has 0 N–H and O–H groups in total. The van der Waals surface area contributed by atoms with E-state index in [4.69, 9.17) is 11.6 Å². The van der Waals surface area contributed by atoms with Gasteiger partial charge in [-0.2, -0.15) is 4.90 Å². The number of urea groups is 1. The van der Waals surface area contributed by atoms with Gasteiger partial charge in [0.2, 0.25) is 0 Å². The first-order valence-corrected chi connectivity index (χ1v) is 9.60. The predicted octanol–water partition coefficient (Wildman–Crippen LogP) is 4.88. The highest BCUT2D eigenvalue weighted by molar-refractivity contribution is 6.30. The molecule has 1 heterocycles. The molecular weight excluding hydrogens is 388 g/mol. The number of hydrogen-bond donors (Lipinski definition) is 0. The highest BCUT2D eigenvalue weighted by atomic mass is 35.5. The van der Waals surface area contributed by atoms with Crippen LogP contribution >= 0.6 is 11.6 Å². The maximum atomic E-state index is 13.1. The van der Waals surface area contributed by atoms with Gasteiger partial charge in [-0.25, -0.2) is 4.79 Å². The van der Waals surface area contributed by atoms with Crippen LogP contribution < -0.4 is 0 Å². The molecule has 4 rings (SSSR count). The largest absolute Gasteiger partial charge is 0.335 e. The number of nitrogens with zero attached hydrogens (tertiary/aromatic N) is 2. The van der Waals surface area contributed by atoms with Crippen molar-refractivity contribution in [2.75, 3.05) is 0 Å². The lowest BCUT2D eigenvalue weighted by atomic mass is 10.0. The Balaban J connectivity index is 1.67. The normalized spacial score (nSPS) is 16.0. The lowest BCUT2D eigenvalue weighted by molar-refractivity contribution is -0.130. The van der Waals surface area contributed by atoms with E-state index < -0.39 is 23.4 Å². The topological polar surface area (TPSA) is 57.7 Å². The van der Waals surface area contributed by atoms with Crippen molar-refractivity contribution in [1.82, 2.24) is 9.80 Å². The van der Waals surface area contributed by atoms with E-state index in [0.29, 0.717) is 10.6 Å². The summed E-state index contributed by atoms with van der Waals surface area (Å²) in [5, 5.41) is 2.39. The van der Waals surface area contributed by atoms with Crippen LogP contribution in [0.2, 0.25) is 5.02 Å². The van der Waals surface area contributed by atoms with Gasteiger partial charge in [-0.05, 0) is 54.4 Å². The number of imide groups is 3. The maximum absolute atomic E-state index is 13.1. The Morgan fingerprint density at radius 3 is 2.38 bits per heavy atom. The molecular formula is C23H19ClN2O3. The number of fused-ring (bicyclic) bond motifs is 1. The number of halogens is 1. The molecule has 1 aliphatic heterocycles. The van der Waals surface area contributed by atoms with Crippen molar-refractivity contribution in [2.24, 2.45) is 0 Å². The van der Waals surface area contributed by atoms with Crippen LogP contribution in [-0.2, 0) is 11.3 Å². The molecule has 0 bridgehead atoms. The Morgan fingerprint density at radius 2 is 1.66 bits per heavy atom. The molecule has 0 saturated carbocycles. The Kier molecular flexibility index (Phi) is 4.63. The fourth-order valence-electron chi connectivity index (χ4n) is 3.55. The Labute approximate surface area is 173 Å². The minimum Gasteiger partial charge on any atom is -0.305 e. The molecule has 6 heteroatoms. The van der Waals surface area contributed by atoms with Crippen molar-refractivity contribution in [2.45, 2.75) is 25.9 Å². The van der Waals surface area contributed by atoms with Gasteiger partial charge in [-0.15, -0.1) is 0 Å². The molecule has 3 aromatic rings. The van der Waals surface area contributed by atoms with E-state index in [1.54, 1.807) is 44.2 Å². The molecule has 0 atom stereocenters. The summed E-state index contributed by atoms with van der Waals surface area (Å²) in [4.78, 5) is 41.3. The fourth-order valence-corrected chi connectivity index (χ4v) is 3.76. The minimum atomic E-state index is -1.15. The zero-order valence-electron chi connectivity index (χ0n) is 16.1. The molecule has 4 amide bonds. The molecule has 3 aromatic carbocycles. The molecule has 0 aromatic heterocycles. The molecule has 1 saturated heterocycles. The van der Waals surface area contributed by atoms with E-state index in [0.717, 1.165) is 21.2 Å². The van der Waals surface area contributed by atoms with Gasteiger partial charge in [0.15, 0.2) is 0 Å². The quantitative estimate of drug-likeness (QED) is 0.460. The third-order valence-electron chi connectivity index (χ3n) is 5.25. The first-order chi connectivity index (χ1) is 13.8. The molecule has 146 valence electrons. The van der Waals surface area contributed by atoms with Crippen LogP contribution in [0.25, 0.3) is 10.8 Å². The van der Waals surface area contributed by atoms with Gasteiger partial charge in [0.1, 0.15) is 5.54 Å². The summed E-state index contributed by atoms with van der Waals surface area (Å²) in [7, 11) is 0. The van der Waals surface area contributed by atoms with E-state index in [9.17, 15) is 14.4 Å². The SMILES string of the molecule is CC1(C)C(=O)N(C(=O)c2ccc3ccccc3c2)C(=O)N1Cc1cccc(Cl)c1. The second-order valence-corrected chi connectivity index (χ2v) is 8.00. The summed E-state index contributed by atoms with van der Waals surface area (Å²) in [6, 6.07) is 19.2. The first kappa shape index (κ1) is 19.2. The Bertz CT molecular complexity index is 1160. The molecule has 1 aliphatic rings. The summed E-state index contributed by atoms with van der Waals surface area (Å²) in [5.74, 6) is -1.16. The average molecular weight is 407 g/mol. The van der Waals surface area contributed by atoms with Crippen LogP contribution in [0.4, 0.5) is 4.79 Å². The lowest BCUT2D eigenvalue weighted by Crippen LogP contribution is -2.43. The van der Waals surface area contributed by atoms with Crippen LogP contribution in [0.3, 0.4) is 0 Å². The highest BCUT2D eigenvalue weighted by Crippen LogP contribution is 2.31. The van der Waals surface area contributed by atoms with Gasteiger partial charge in [-0.1, -0.05) is 54.1 Å². The summed E-state index contributed by atoms with van der Waals surface area (Å²) in [5.41, 5.74) is -0.0659. The smallest absolute Gasteiger partial charge is 0.305 e. The number of carbonyl (C=O) groups excluding carboxylic acids is 3. The zero-order valence-corrected chi connectivity index (χ0v) is 16.8. The van der Waals surface area contributed by atoms with Gasteiger partial charge in [-0.3, -0.25) is 9.59 Å². The third-order valence-corrected chi connectivity index (χ3v) is 5.49. The van der Waals surface area contributed by atoms with E-state index in [-0.39, 0.29) is 6.54 Å². The highest BCUT2D eigenvalue weighted by Gasteiger charge is 2.53. The van der Waals surface area contributed by atoms with Gasteiger partial charge in [0, 0.05) is 17.1 Å². The minimum absolute atomic E-state index is 0.180. The molecule has 0 radical (unpaired) electrons. The number of hydrogen-bond acceptors (Lipinski definition) is 3. The molecule has 29 heavy (non-hydrogen) atoms. The molecule has 0 unspecified atom stereocenters. The van der Waals surface area contributed by atoms with Gasteiger partial charge in [0.05, 0.1) is 0 Å². The standard InChI is InChI=1S/C23H19ClN2O3/c1-23(2)21(28)26(22(29)25(23)14-15-6-5-9-19(24)12-15)20(27)18-11-10-16-7-3-4-8-17(16)13-18/h3-13H,14H2,1-2H3. The van der Waals surface area contributed by atoms with Crippen LogP contribution in [0.5, 0.6) is 0 Å². The van der Waals surface area contributed by atoms with Crippen LogP contribution in [0.1, 0.15) is 29.8 Å². The number of carbonyl (C=O) groups is 3. The van der Waals surface area contributed by atoms with E-state index >= 15 is 0 Å². The number of amides is 4. The van der Waals surface area contributed by atoms with Crippen molar-refractivity contribution < 1.29 is 14.4 Å². The zero-order chi connectivity index (χ0) is 20.8. The van der Waals surface area contributed by atoms with Gasteiger partial charge < -0.3 is 4.90 Å². The second kappa shape index (κ2) is 7.01.